The largest absolute Gasteiger partial charge is 0.511 e. The fourth-order valence-electron chi connectivity index (χ4n) is 6.63. The number of aliphatic hydroxyl groups excluding tert-OH is 2. The third kappa shape index (κ3) is 3.14. The van der Waals surface area contributed by atoms with Crippen LogP contribution in [0.5, 0.6) is 5.75 Å². The zero-order chi connectivity index (χ0) is 25.4. The third-order valence-corrected chi connectivity index (χ3v) is 8.34. The molecule has 3 atom stereocenters. The van der Waals surface area contributed by atoms with E-state index in [1.165, 1.54) is 0 Å². The second kappa shape index (κ2) is 7.84. The number of carbonyl (C=O) groups excluding carboxylic acids is 3. The molecule has 0 saturated heterocycles. The van der Waals surface area contributed by atoms with Crippen molar-refractivity contribution in [3.05, 3.63) is 45.4 Å². The summed E-state index contributed by atoms with van der Waals surface area (Å²) in [5.41, 5.74) is 4.07. The highest BCUT2D eigenvalue weighted by Crippen LogP contribution is 2.53. The van der Waals surface area contributed by atoms with Crippen LogP contribution in [0.3, 0.4) is 0 Å². The Hall–Kier alpha value is -3.33. The minimum absolute atomic E-state index is 0.0923. The summed E-state index contributed by atoms with van der Waals surface area (Å²) < 4.78 is 0. The van der Waals surface area contributed by atoms with E-state index in [9.17, 15) is 34.8 Å². The number of hydrogen-bond donors (Lipinski definition) is 5. The Labute approximate surface area is 202 Å². The average Bonchev–Trinajstić information content (AvgIpc) is 3.30. The van der Waals surface area contributed by atoms with Crippen molar-refractivity contribution in [1.29, 1.82) is 0 Å². The number of allylic oxidation sites excluding steroid dienone is 2. The van der Waals surface area contributed by atoms with E-state index in [0.29, 0.717) is 17.5 Å². The summed E-state index contributed by atoms with van der Waals surface area (Å²) in [6, 6.07) is 1.95. The first-order chi connectivity index (χ1) is 16.5. The van der Waals surface area contributed by atoms with Crippen LogP contribution in [-0.2, 0) is 16.0 Å². The lowest BCUT2D eigenvalue weighted by Crippen LogP contribution is -2.57. The SMILES string of the molecule is CN(C)c1cc(C2CCCC2)c(O)c2c1C[C@H]1C[C@H]3CC(O)=C(C(N)=O)C(=O)[C@@]3(O)C(O)=C1C2=O. The molecule has 1 fully saturated rings. The van der Waals surface area contributed by atoms with Gasteiger partial charge < -0.3 is 31.1 Å². The summed E-state index contributed by atoms with van der Waals surface area (Å²) in [6.07, 6.45) is 4.10. The second-order valence-corrected chi connectivity index (χ2v) is 10.5. The number of amides is 1. The highest BCUT2D eigenvalue weighted by atomic mass is 16.3. The van der Waals surface area contributed by atoms with E-state index < -0.39 is 52.0 Å². The Morgan fingerprint density at radius 1 is 1.09 bits per heavy atom. The van der Waals surface area contributed by atoms with Crippen LogP contribution >= 0.6 is 0 Å². The molecule has 1 saturated carbocycles. The zero-order valence-electron chi connectivity index (χ0n) is 19.8. The molecule has 0 unspecified atom stereocenters. The molecule has 0 heterocycles. The maximum absolute atomic E-state index is 13.9. The van der Waals surface area contributed by atoms with Gasteiger partial charge in [-0.05, 0) is 54.7 Å². The summed E-state index contributed by atoms with van der Waals surface area (Å²) in [6.45, 7) is 0. The van der Waals surface area contributed by atoms with Gasteiger partial charge in [0.05, 0.1) is 5.56 Å². The summed E-state index contributed by atoms with van der Waals surface area (Å²) in [7, 11) is 3.73. The van der Waals surface area contributed by atoms with E-state index in [0.717, 1.165) is 31.4 Å². The number of nitrogens with zero attached hydrogens (tertiary/aromatic N) is 1. The number of fused-ring (bicyclic) bond motifs is 3. The lowest BCUT2D eigenvalue weighted by Gasteiger charge is -2.46. The molecule has 4 aliphatic carbocycles. The highest BCUT2D eigenvalue weighted by molar-refractivity contribution is 6.24. The normalized spacial score (nSPS) is 28.7. The van der Waals surface area contributed by atoms with E-state index in [1.807, 2.05) is 25.1 Å². The number of phenols is 1. The molecule has 9 nitrogen and oxygen atoms in total. The quantitative estimate of drug-likeness (QED) is 0.410. The predicted octanol–water partition coefficient (Wildman–Crippen LogP) is 2.30. The molecule has 6 N–H and O–H groups in total. The number of aromatic hydroxyl groups is 1. The molecule has 0 radical (unpaired) electrons. The van der Waals surface area contributed by atoms with Gasteiger partial charge in [0.25, 0.3) is 5.91 Å². The van der Waals surface area contributed by atoms with Gasteiger partial charge in [-0.1, -0.05) is 12.8 Å². The van der Waals surface area contributed by atoms with Crippen LogP contribution < -0.4 is 10.6 Å². The molecule has 4 aliphatic rings. The number of carbonyl (C=O) groups is 3. The number of ketones is 2. The summed E-state index contributed by atoms with van der Waals surface area (Å²) >= 11 is 0. The smallest absolute Gasteiger partial charge is 0.255 e. The average molecular weight is 483 g/mol. The Balaban J connectivity index is 1.70. The number of Topliss-reactive ketones (excluding diaryl/α,β-unsaturated/α-hetero) is 2. The van der Waals surface area contributed by atoms with Crippen LogP contribution in [0.25, 0.3) is 0 Å². The van der Waals surface area contributed by atoms with Gasteiger partial charge in [0.2, 0.25) is 5.78 Å². The Morgan fingerprint density at radius 3 is 2.34 bits per heavy atom. The third-order valence-electron chi connectivity index (χ3n) is 8.34. The Bertz CT molecular complexity index is 1240. The number of anilines is 1. The van der Waals surface area contributed by atoms with Crippen LogP contribution in [0, 0.1) is 11.8 Å². The van der Waals surface area contributed by atoms with Gasteiger partial charge in [-0.25, -0.2) is 0 Å². The van der Waals surface area contributed by atoms with Crippen molar-refractivity contribution in [2.75, 3.05) is 19.0 Å². The molecule has 1 aromatic rings. The number of aliphatic hydroxyl groups is 3. The van der Waals surface area contributed by atoms with Crippen molar-refractivity contribution in [2.45, 2.75) is 56.5 Å². The Morgan fingerprint density at radius 2 is 1.74 bits per heavy atom. The van der Waals surface area contributed by atoms with Gasteiger partial charge in [-0.3, -0.25) is 14.4 Å². The molecule has 0 aliphatic heterocycles. The topological polar surface area (TPSA) is 161 Å². The summed E-state index contributed by atoms with van der Waals surface area (Å²) in [5, 5.41) is 44.1. The molecule has 1 amide bonds. The molecule has 0 spiro atoms. The van der Waals surface area contributed by atoms with Crippen molar-refractivity contribution >= 4 is 23.2 Å². The first kappa shape index (κ1) is 23.4. The number of phenolic OH excluding ortho intramolecular Hbond substituents is 1. The molecule has 35 heavy (non-hydrogen) atoms. The number of benzene rings is 1. The van der Waals surface area contributed by atoms with E-state index in [-0.39, 0.29) is 35.6 Å². The van der Waals surface area contributed by atoms with Crippen LogP contribution in [0.15, 0.2) is 28.7 Å². The van der Waals surface area contributed by atoms with Crippen molar-refractivity contribution in [3.63, 3.8) is 0 Å². The van der Waals surface area contributed by atoms with E-state index >= 15 is 0 Å². The fraction of sp³-hybridized carbons (Fsp3) is 0.500. The number of primary amides is 1. The minimum atomic E-state index is -2.54. The highest BCUT2D eigenvalue weighted by Gasteiger charge is 2.59. The van der Waals surface area contributed by atoms with Crippen LogP contribution in [-0.4, -0.2) is 57.6 Å². The lowest BCUT2D eigenvalue weighted by atomic mass is 9.60. The number of rotatable bonds is 3. The van der Waals surface area contributed by atoms with E-state index in [4.69, 9.17) is 5.73 Å². The summed E-state index contributed by atoms with van der Waals surface area (Å²) in [5.74, 6) is -5.85. The first-order valence-electron chi connectivity index (χ1n) is 12.0. The molecular formula is C26H30N2O7. The van der Waals surface area contributed by atoms with E-state index in [1.54, 1.807) is 0 Å². The van der Waals surface area contributed by atoms with Crippen LogP contribution in [0.4, 0.5) is 5.69 Å². The predicted molar refractivity (Wildman–Crippen MR) is 126 cm³/mol. The van der Waals surface area contributed by atoms with Crippen molar-refractivity contribution in [1.82, 2.24) is 0 Å². The number of hydrogen-bond acceptors (Lipinski definition) is 8. The van der Waals surface area contributed by atoms with Crippen LogP contribution in [0.1, 0.15) is 65.9 Å². The van der Waals surface area contributed by atoms with Gasteiger partial charge in [0.15, 0.2) is 11.4 Å². The van der Waals surface area contributed by atoms with Crippen molar-refractivity contribution < 1.29 is 34.8 Å². The monoisotopic (exact) mass is 482 g/mol. The molecule has 1 aromatic carbocycles. The standard InChI is InChI=1S/C26H30N2O7/c1-28(2)16-10-14(11-5-3-4-6-11)21(30)19-15(16)8-12-7-13-9-17(29)20(25(27)34)24(33)26(13,35)23(32)18(12)22(19)31/h10-13,29-30,32,35H,3-9H2,1-2H3,(H2,27,34)/t12-,13+,26+/m1/s1. The van der Waals surface area contributed by atoms with Crippen molar-refractivity contribution in [3.8, 4) is 5.75 Å². The second-order valence-electron chi connectivity index (χ2n) is 10.5. The number of nitrogens with two attached hydrogens (primary N) is 1. The first-order valence-corrected chi connectivity index (χ1v) is 12.0. The molecule has 9 heteroatoms. The fourth-order valence-corrected chi connectivity index (χ4v) is 6.63. The van der Waals surface area contributed by atoms with Crippen molar-refractivity contribution in [2.24, 2.45) is 17.6 Å². The minimum Gasteiger partial charge on any atom is -0.511 e. The lowest BCUT2D eigenvalue weighted by molar-refractivity contribution is -0.144. The van der Waals surface area contributed by atoms with E-state index in [2.05, 4.69) is 0 Å². The van der Waals surface area contributed by atoms with Gasteiger partial charge >= 0.3 is 0 Å². The molecule has 0 bridgehead atoms. The molecule has 5 rings (SSSR count). The Kier molecular flexibility index (Phi) is 5.25. The maximum Gasteiger partial charge on any atom is 0.255 e. The molecule has 186 valence electrons. The molecular weight excluding hydrogens is 452 g/mol. The van der Waals surface area contributed by atoms with Gasteiger partial charge in [0.1, 0.15) is 22.8 Å². The van der Waals surface area contributed by atoms with Crippen LogP contribution in [0.2, 0.25) is 0 Å². The zero-order valence-corrected chi connectivity index (χ0v) is 19.8. The van der Waals surface area contributed by atoms with Gasteiger partial charge in [-0.2, -0.15) is 0 Å². The molecule has 0 aromatic heterocycles. The van der Waals surface area contributed by atoms with Gasteiger partial charge in [-0.15, -0.1) is 0 Å². The van der Waals surface area contributed by atoms with Gasteiger partial charge in [0, 0.05) is 37.7 Å². The maximum atomic E-state index is 13.9. The summed E-state index contributed by atoms with van der Waals surface area (Å²) in [4.78, 5) is 40.6.